The predicted molar refractivity (Wildman–Crippen MR) is 139 cm³/mol. The Kier molecular flexibility index (Phi) is 5.17. The van der Waals surface area contributed by atoms with E-state index >= 15 is 0 Å². The Morgan fingerprint density at radius 1 is 1.00 bits per heavy atom. The van der Waals surface area contributed by atoms with E-state index in [1.165, 1.54) is 31.1 Å². The molecule has 0 saturated carbocycles. The lowest BCUT2D eigenvalue weighted by Crippen LogP contribution is -2.47. The summed E-state index contributed by atoms with van der Waals surface area (Å²) in [5.74, 6) is 0. The lowest BCUT2D eigenvalue weighted by Gasteiger charge is -2.35. The summed E-state index contributed by atoms with van der Waals surface area (Å²) < 4.78 is 0. The van der Waals surface area contributed by atoms with Gasteiger partial charge in [-0.25, -0.2) is 9.97 Å². The van der Waals surface area contributed by atoms with Crippen molar-refractivity contribution in [2.75, 3.05) is 11.9 Å². The van der Waals surface area contributed by atoms with Crippen LogP contribution in [-0.4, -0.2) is 50.3 Å². The number of hydrogen-bond donors (Lipinski definition) is 3. The second-order valence-corrected chi connectivity index (χ2v) is 10.8. The van der Waals surface area contributed by atoms with Crippen molar-refractivity contribution in [1.82, 2.24) is 30.5 Å². The highest BCUT2D eigenvalue weighted by molar-refractivity contribution is 7.29. The zero-order chi connectivity index (χ0) is 21.2. The van der Waals surface area contributed by atoms with Gasteiger partial charge in [0.1, 0.15) is 5.01 Å². The molecular weight excluding hydrogens is 474 g/mol. The maximum Gasteiger partial charge on any atom is 0.188 e. The van der Waals surface area contributed by atoms with E-state index in [0.717, 1.165) is 42.0 Å². The molecule has 10 heteroatoms. The highest BCUT2D eigenvalue weighted by Crippen LogP contribution is 2.41. The van der Waals surface area contributed by atoms with E-state index in [9.17, 15) is 0 Å². The van der Waals surface area contributed by atoms with E-state index in [1.807, 2.05) is 18.6 Å². The Morgan fingerprint density at radius 2 is 1.79 bits per heavy atom. The molecule has 170 valence electrons. The number of halogens is 1. The molecule has 33 heavy (non-hydrogen) atoms. The van der Waals surface area contributed by atoms with Crippen LogP contribution in [0.1, 0.15) is 25.7 Å². The van der Waals surface area contributed by atoms with Crippen LogP contribution in [0.5, 0.6) is 0 Å². The Balaban J connectivity index is 0.00000206. The number of anilines is 1. The standard InChI is InChI=1S/C23H23N7S2.ClH/c1-30(15-8-13-2-3-14(9-15)27-13)23-29-22-21(32-23)28-20(31-22)18-5-4-16(12-10-25-26-11-12)17-6-7-24-19(17)18;/h4-7,10-11,13-15,24,27H,2-3,8-9H2,1H3,(H,25,26);1H/t13-,14+,15?;. The minimum absolute atomic E-state index is 0. The Labute approximate surface area is 205 Å². The van der Waals surface area contributed by atoms with Crippen LogP contribution in [0.15, 0.2) is 36.8 Å². The van der Waals surface area contributed by atoms with Crippen LogP contribution >= 0.6 is 35.1 Å². The number of thiazole rings is 2. The minimum Gasteiger partial charge on any atom is -0.361 e. The van der Waals surface area contributed by atoms with Gasteiger partial charge in [0.2, 0.25) is 0 Å². The number of H-pyrrole nitrogens is 2. The second-order valence-electron chi connectivity index (χ2n) is 8.91. The molecule has 5 aromatic rings. The summed E-state index contributed by atoms with van der Waals surface area (Å²) in [6, 6.07) is 8.36. The molecule has 3 N–H and O–H groups in total. The number of piperidine rings is 1. The van der Waals surface area contributed by atoms with Crippen molar-refractivity contribution in [3.63, 3.8) is 0 Å². The summed E-state index contributed by atoms with van der Waals surface area (Å²) >= 11 is 3.40. The van der Waals surface area contributed by atoms with Crippen LogP contribution in [0, 0.1) is 0 Å². The molecule has 3 atom stereocenters. The lowest BCUT2D eigenvalue weighted by atomic mass is 9.99. The zero-order valence-corrected chi connectivity index (χ0v) is 20.5. The first-order valence-electron chi connectivity index (χ1n) is 11.1. The van der Waals surface area contributed by atoms with Crippen LogP contribution in [0.25, 0.3) is 42.3 Å². The normalized spacial score (nSPS) is 22.2. The summed E-state index contributed by atoms with van der Waals surface area (Å²) in [6.07, 6.45) is 10.8. The average Bonchev–Trinajstić information content (AvgIpc) is 3.60. The third-order valence-corrected chi connectivity index (χ3v) is 9.18. The van der Waals surface area contributed by atoms with Crippen molar-refractivity contribution in [1.29, 1.82) is 0 Å². The maximum absolute atomic E-state index is 4.99. The fraction of sp³-hybridized carbons (Fsp3) is 0.348. The molecule has 2 fully saturated rings. The summed E-state index contributed by atoms with van der Waals surface area (Å²) in [5.41, 5.74) is 4.47. The number of aromatic nitrogens is 5. The summed E-state index contributed by atoms with van der Waals surface area (Å²) in [5, 5.41) is 14.0. The molecule has 0 aliphatic carbocycles. The van der Waals surface area contributed by atoms with Crippen molar-refractivity contribution in [3.05, 3.63) is 36.8 Å². The molecule has 1 unspecified atom stereocenters. The first-order valence-corrected chi connectivity index (χ1v) is 12.7. The Hall–Kier alpha value is -2.46. The van der Waals surface area contributed by atoms with Gasteiger partial charge in [-0.3, -0.25) is 5.10 Å². The third kappa shape index (κ3) is 3.45. The van der Waals surface area contributed by atoms with E-state index in [0.29, 0.717) is 18.1 Å². The van der Waals surface area contributed by atoms with Crippen molar-refractivity contribution < 1.29 is 0 Å². The third-order valence-electron chi connectivity index (χ3n) is 7.02. The van der Waals surface area contributed by atoms with Gasteiger partial charge in [-0.05, 0) is 43.4 Å². The van der Waals surface area contributed by atoms with E-state index in [1.54, 1.807) is 22.7 Å². The first kappa shape index (κ1) is 21.1. The molecule has 1 aromatic carbocycles. The number of fused-ring (bicyclic) bond motifs is 4. The van der Waals surface area contributed by atoms with Gasteiger partial charge in [0.25, 0.3) is 0 Å². The number of aromatic amines is 2. The minimum atomic E-state index is 0. The van der Waals surface area contributed by atoms with Crippen molar-refractivity contribution in [2.45, 2.75) is 43.8 Å². The molecule has 7 nitrogen and oxygen atoms in total. The number of nitrogens with zero attached hydrogens (tertiary/aromatic N) is 4. The molecule has 0 radical (unpaired) electrons. The van der Waals surface area contributed by atoms with Crippen LogP contribution in [0.2, 0.25) is 0 Å². The zero-order valence-electron chi connectivity index (χ0n) is 18.0. The van der Waals surface area contributed by atoms with E-state index in [2.05, 4.69) is 50.6 Å². The number of hydrogen-bond acceptors (Lipinski definition) is 7. The fourth-order valence-corrected chi connectivity index (χ4v) is 7.49. The largest absolute Gasteiger partial charge is 0.361 e. The number of benzene rings is 1. The van der Waals surface area contributed by atoms with Crippen molar-refractivity contribution in [2.24, 2.45) is 0 Å². The quantitative estimate of drug-likeness (QED) is 0.308. The molecule has 2 aliphatic heterocycles. The van der Waals surface area contributed by atoms with E-state index in [-0.39, 0.29) is 12.4 Å². The van der Waals surface area contributed by atoms with E-state index < -0.39 is 0 Å². The molecule has 7 rings (SSSR count). The number of rotatable bonds is 4. The molecule has 0 spiro atoms. The second kappa shape index (κ2) is 8.09. The fourth-order valence-electron chi connectivity index (χ4n) is 5.38. The molecule has 2 aliphatic rings. The summed E-state index contributed by atoms with van der Waals surface area (Å²) in [6.45, 7) is 0. The molecule has 6 heterocycles. The van der Waals surface area contributed by atoms with E-state index in [4.69, 9.17) is 9.97 Å². The average molecular weight is 498 g/mol. The highest BCUT2D eigenvalue weighted by Gasteiger charge is 2.36. The maximum atomic E-state index is 4.99. The van der Waals surface area contributed by atoms with Gasteiger partial charge in [0.05, 0.1) is 11.7 Å². The molecule has 4 aromatic heterocycles. The smallest absolute Gasteiger partial charge is 0.188 e. The summed E-state index contributed by atoms with van der Waals surface area (Å²) in [4.78, 5) is 17.9. The molecule has 2 bridgehead atoms. The van der Waals surface area contributed by atoms with Crippen LogP contribution in [-0.2, 0) is 0 Å². The van der Waals surface area contributed by atoms with Crippen LogP contribution < -0.4 is 10.2 Å². The monoisotopic (exact) mass is 497 g/mol. The van der Waals surface area contributed by atoms with Gasteiger partial charge in [-0.2, -0.15) is 5.10 Å². The Morgan fingerprint density at radius 3 is 2.55 bits per heavy atom. The predicted octanol–water partition coefficient (Wildman–Crippen LogP) is 5.43. The van der Waals surface area contributed by atoms with Crippen molar-refractivity contribution >= 4 is 60.8 Å². The molecular formula is C23H24ClN7S2. The summed E-state index contributed by atoms with van der Waals surface area (Å²) in [7, 11) is 2.20. The highest BCUT2D eigenvalue weighted by atomic mass is 35.5. The molecule has 0 amide bonds. The SMILES string of the molecule is CN(c1nc2sc(-c3ccc(-c4cn[nH]c4)c4cc[nH]c34)nc2s1)C1C[C@H]2CC[C@@H](C1)N2.Cl. The Bertz CT molecular complexity index is 1380. The lowest BCUT2D eigenvalue weighted by molar-refractivity contribution is 0.354. The van der Waals surface area contributed by atoms with Gasteiger partial charge in [0, 0.05) is 54.1 Å². The van der Waals surface area contributed by atoms with Crippen molar-refractivity contribution in [3.8, 4) is 21.7 Å². The van der Waals surface area contributed by atoms with Gasteiger partial charge < -0.3 is 15.2 Å². The molecule has 2 saturated heterocycles. The van der Waals surface area contributed by atoms with Crippen LogP contribution in [0.3, 0.4) is 0 Å². The number of nitrogens with one attached hydrogen (secondary N) is 3. The van der Waals surface area contributed by atoms with Gasteiger partial charge in [0.15, 0.2) is 14.8 Å². The van der Waals surface area contributed by atoms with Gasteiger partial charge >= 0.3 is 0 Å². The van der Waals surface area contributed by atoms with Gasteiger partial charge in [-0.15, -0.1) is 12.4 Å². The topological polar surface area (TPSA) is 85.5 Å². The first-order chi connectivity index (χ1) is 15.7. The van der Waals surface area contributed by atoms with Gasteiger partial charge in [-0.1, -0.05) is 28.7 Å². The van der Waals surface area contributed by atoms with Crippen LogP contribution in [0.4, 0.5) is 5.13 Å².